The molecule has 0 spiro atoms. The van der Waals surface area contributed by atoms with Gasteiger partial charge in [0.25, 0.3) is 0 Å². The first-order chi connectivity index (χ1) is 8.72. The number of likely N-dealkylation sites (tertiary alicyclic amines) is 1. The van der Waals surface area contributed by atoms with Gasteiger partial charge >= 0.3 is 0 Å². The highest BCUT2D eigenvalue weighted by Crippen LogP contribution is 2.27. The highest BCUT2D eigenvalue weighted by molar-refractivity contribution is 5.24. The molecule has 1 aliphatic rings. The number of rotatable bonds is 3. The maximum Gasteiger partial charge on any atom is 0.0473 e. The number of hydrogen-bond acceptors (Lipinski definition) is 2. The van der Waals surface area contributed by atoms with Gasteiger partial charge in [0.1, 0.15) is 0 Å². The molecule has 2 heteroatoms. The lowest BCUT2D eigenvalue weighted by Gasteiger charge is -2.35. The largest absolute Gasteiger partial charge is 0.329 e. The van der Waals surface area contributed by atoms with Gasteiger partial charge in [0.2, 0.25) is 0 Å². The summed E-state index contributed by atoms with van der Waals surface area (Å²) in [6.45, 7) is 6.39. The van der Waals surface area contributed by atoms with Gasteiger partial charge < -0.3 is 5.73 Å². The number of aryl methyl sites for hydroxylation is 1. The van der Waals surface area contributed by atoms with Gasteiger partial charge in [-0.2, -0.15) is 0 Å². The number of nitrogens with zero attached hydrogens (tertiary/aromatic N) is 1. The third-order valence-electron chi connectivity index (χ3n) is 4.19. The van der Waals surface area contributed by atoms with Crippen molar-refractivity contribution in [2.45, 2.75) is 51.6 Å². The van der Waals surface area contributed by atoms with Crippen molar-refractivity contribution in [1.29, 1.82) is 0 Å². The van der Waals surface area contributed by atoms with E-state index in [9.17, 15) is 0 Å². The minimum atomic E-state index is 0.388. The highest BCUT2D eigenvalue weighted by Gasteiger charge is 2.24. The Kier molecular flexibility index (Phi) is 4.79. The second kappa shape index (κ2) is 6.35. The molecule has 2 unspecified atom stereocenters. The maximum atomic E-state index is 6.05. The summed E-state index contributed by atoms with van der Waals surface area (Å²) in [5, 5.41) is 0. The van der Waals surface area contributed by atoms with Gasteiger partial charge in [-0.3, -0.25) is 4.90 Å². The third kappa shape index (κ3) is 3.12. The molecule has 1 saturated heterocycles. The molecule has 2 rings (SSSR count). The van der Waals surface area contributed by atoms with Crippen LogP contribution >= 0.6 is 0 Å². The molecule has 1 aliphatic heterocycles. The molecule has 0 amide bonds. The molecule has 1 fully saturated rings. The van der Waals surface area contributed by atoms with Gasteiger partial charge in [-0.25, -0.2) is 0 Å². The first-order valence-corrected chi connectivity index (χ1v) is 7.24. The van der Waals surface area contributed by atoms with Gasteiger partial charge in [0.15, 0.2) is 0 Å². The summed E-state index contributed by atoms with van der Waals surface area (Å²) in [5.74, 6) is 0. The Bertz CT molecular complexity index is 358. The summed E-state index contributed by atoms with van der Waals surface area (Å²) < 4.78 is 0. The fourth-order valence-electron chi connectivity index (χ4n) is 3.01. The van der Waals surface area contributed by atoms with E-state index >= 15 is 0 Å². The quantitative estimate of drug-likeness (QED) is 0.887. The Balaban J connectivity index is 2.18. The Labute approximate surface area is 111 Å². The number of benzene rings is 1. The summed E-state index contributed by atoms with van der Waals surface area (Å²) in [4.78, 5) is 2.61. The van der Waals surface area contributed by atoms with E-state index in [1.54, 1.807) is 0 Å². The van der Waals surface area contributed by atoms with Crippen LogP contribution in [0.25, 0.3) is 0 Å². The zero-order chi connectivity index (χ0) is 13.0. The minimum absolute atomic E-state index is 0.388. The second-order valence-corrected chi connectivity index (χ2v) is 5.60. The van der Waals surface area contributed by atoms with E-state index in [4.69, 9.17) is 5.73 Å². The van der Waals surface area contributed by atoms with Crippen LogP contribution in [0.4, 0.5) is 0 Å². The lowest BCUT2D eigenvalue weighted by molar-refractivity contribution is 0.151. The number of nitrogens with two attached hydrogens (primary N) is 1. The topological polar surface area (TPSA) is 29.3 Å². The molecule has 0 aliphatic carbocycles. The summed E-state index contributed by atoms with van der Waals surface area (Å²) in [7, 11) is 0. The van der Waals surface area contributed by atoms with Crippen LogP contribution in [0.1, 0.15) is 49.8 Å². The highest BCUT2D eigenvalue weighted by atomic mass is 15.2. The van der Waals surface area contributed by atoms with Crippen molar-refractivity contribution in [1.82, 2.24) is 4.90 Å². The van der Waals surface area contributed by atoms with Crippen LogP contribution in [0.3, 0.4) is 0 Å². The fraction of sp³-hybridized carbons (Fsp3) is 0.625. The SMILES string of the molecule is Cc1ccc(C(CN)N2CCCCCC2C)cc1. The van der Waals surface area contributed by atoms with E-state index in [0.717, 1.165) is 0 Å². The van der Waals surface area contributed by atoms with Crippen LogP contribution in [-0.4, -0.2) is 24.0 Å². The third-order valence-corrected chi connectivity index (χ3v) is 4.19. The van der Waals surface area contributed by atoms with Crippen molar-refractivity contribution in [3.05, 3.63) is 35.4 Å². The summed E-state index contributed by atoms with van der Waals surface area (Å²) in [6.07, 6.45) is 5.35. The smallest absolute Gasteiger partial charge is 0.0473 e. The minimum Gasteiger partial charge on any atom is -0.329 e. The Morgan fingerprint density at radius 1 is 1.22 bits per heavy atom. The molecule has 0 bridgehead atoms. The molecule has 2 N–H and O–H groups in total. The number of hydrogen-bond donors (Lipinski definition) is 1. The summed E-state index contributed by atoms with van der Waals surface area (Å²) in [6, 6.07) is 9.91. The zero-order valence-electron chi connectivity index (χ0n) is 11.7. The van der Waals surface area contributed by atoms with E-state index in [-0.39, 0.29) is 0 Å². The van der Waals surface area contributed by atoms with Gasteiger partial charge in [-0.05, 0) is 38.8 Å². The molecule has 0 radical (unpaired) electrons. The molecule has 2 nitrogen and oxygen atoms in total. The molecule has 1 heterocycles. The molecule has 100 valence electrons. The molecule has 1 aromatic rings. The van der Waals surface area contributed by atoms with Crippen molar-refractivity contribution in [2.24, 2.45) is 5.73 Å². The Morgan fingerprint density at radius 3 is 2.61 bits per heavy atom. The lowest BCUT2D eigenvalue weighted by atomic mass is 10.0. The second-order valence-electron chi connectivity index (χ2n) is 5.60. The molecule has 18 heavy (non-hydrogen) atoms. The van der Waals surface area contributed by atoms with Gasteiger partial charge in [-0.15, -0.1) is 0 Å². The summed E-state index contributed by atoms with van der Waals surface area (Å²) in [5.41, 5.74) is 8.74. The molecule has 0 saturated carbocycles. The van der Waals surface area contributed by atoms with E-state index in [1.807, 2.05) is 0 Å². The van der Waals surface area contributed by atoms with Crippen molar-refractivity contribution in [3.63, 3.8) is 0 Å². The first-order valence-electron chi connectivity index (χ1n) is 7.24. The van der Waals surface area contributed by atoms with Crippen LogP contribution < -0.4 is 5.73 Å². The van der Waals surface area contributed by atoms with Crippen molar-refractivity contribution >= 4 is 0 Å². The summed E-state index contributed by atoms with van der Waals surface area (Å²) >= 11 is 0. The first kappa shape index (κ1) is 13.6. The molecule has 0 aromatic heterocycles. The normalized spacial score (nSPS) is 23.6. The van der Waals surface area contributed by atoms with Crippen molar-refractivity contribution in [3.8, 4) is 0 Å². The Hall–Kier alpha value is -0.860. The molecular formula is C16H26N2. The Morgan fingerprint density at radius 2 is 1.94 bits per heavy atom. The van der Waals surface area contributed by atoms with E-state index in [0.29, 0.717) is 18.6 Å². The predicted octanol–water partition coefficient (Wildman–Crippen LogP) is 3.26. The van der Waals surface area contributed by atoms with Crippen LogP contribution in [0.5, 0.6) is 0 Å². The monoisotopic (exact) mass is 246 g/mol. The van der Waals surface area contributed by atoms with Gasteiger partial charge in [0, 0.05) is 18.6 Å². The maximum absolute atomic E-state index is 6.05. The lowest BCUT2D eigenvalue weighted by Crippen LogP contribution is -2.39. The zero-order valence-corrected chi connectivity index (χ0v) is 11.7. The van der Waals surface area contributed by atoms with Gasteiger partial charge in [-0.1, -0.05) is 42.7 Å². The van der Waals surface area contributed by atoms with Crippen LogP contribution in [-0.2, 0) is 0 Å². The van der Waals surface area contributed by atoms with E-state index in [2.05, 4.69) is 43.0 Å². The molecule has 1 aromatic carbocycles. The van der Waals surface area contributed by atoms with Crippen LogP contribution in [0.2, 0.25) is 0 Å². The fourth-order valence-corrected chi connectivity index (χ4v) is 3.01. The van der Waals surface area contributed by atoms with E-state index < -0.39 is 0 Å². The van der Waals surface area contributed by atoms with Crippen LogP contribution in [0.15, 0.2) is 24.3 Å². The average molecular weight is 246 g/mol. The molecular weight excluding hydrogens is 220 g/mol. The standard InChI is InChI=1S/C16H26N2/c1-13-7-9-15(10-8-13)16(12-17)18-11-5-3-4-6-14(18)2/h7-10,14,16H,3-6,11-12,17H2,1-2H3. The predicted molar refractivity (Wildman–Crippen MR) is 77.6 cm³/mol. The van der Waals surface area contributed by atoms with Crippen molar-refractivity contribution in [2.75, 3.05) is 13.1 Å². The molecule has 2 atom stereocenters. The van der Waals surface area contributed by atoms with Crippen molar-refractivity contribution < 1.29 is 0 Å². The van der Waals surface area contributed by atoms with E-state index in [1.165, 1.54) is 43.4 Å². The van der Waals surface area contributed by atoms with Crippen LogP contribution in [0, 0.1) is 6.92 Å². The van der Waals surface area contributed by atoms with Gasteiger partial charge in [0.05, 0.1) is 0 Å². The average Bonchev–Trinajstić information content (AvgIpc) is 2.58.